The Balaban J connectivity index is 0.00000121. The minimum Gasteiger partial charge on any atom is -0.316 e. The zero-order valence-corrected chi connectivity index (χ0v) is 7.47. The van der Waals surface area contributed by atoms with Crippen molar-refractivity contribution in [3.8, 4) is 0 Å². The highest BCUT2D eigenvalue weighted by Gasteiger charge is 2.38. The first-order valence-electron chi connectivity index (χ1n) is 2.87. The van der Waals surface area contributed by atoms with Gasteiger partial charge in [-0.2, -0.15) is 13.2 Å². The van der Waals surface area contributed by atoms with Crippen LogP contribution in [0.5, 0.6) is 0 Å². The van der Waals surface area contributed by atoms with Crippen molar-refractivity contribution >= 4 is 23.7 Å². The smallest absolute Gasteiger partial charge is 0.316 e. The van der Waals surface area contributed by atoms with E-state index in [9.17, 15) is 13.2 Å². The van der Waals surface area contributed by atoms with Gasteiger partial charge in [0.1, 0.15) is 6.04 Å². The zero-order valence-electron chi connectivity index (χ0n) is 5.84. The Morgan fingerprint density at radius 3 is 2.33 bits per heavy atom. The van der Waals surface area contributed by atoms with Crippen molar-refractivity contribution in [2.45, 2.75) is 12.2 Å². The van der Waals surface area contributed by atoms with Crippen molar-refractivity contribution in [3.63, 3.8) is 0 Å². The molecule has 2 N–H and O–H groups in total. The summed E-state index contributed by atoms with van der Waals surface area (Å²) < 4.78 is 35.7. The molecule has 0 unspecified atom stereocenters. The normalized spacial score (nSPS) is 13.7. The number of nitrogens with two attached hydrogens (primary N) is 1. The van der Waals surface area contributed by atoms with Crippen molar-refractivity contribution < 1.29 is 13.2 Å². The summed E-state index contributed by atoms with van der Waals surface area (Å²) in [6.07, 6.45) is -4.33. The van der Waals surface area contributed by atoms with Gasteiger partial charge >= 0.3 is 6.18 Å². The van der Waals surface area contributed by atoms with Gasteiger partial charge in [0.25, 0.3) is 0 Å². The average Bonchev–Trinajstić information content (AvgIpc) is 2.34. The van der Waals surface area contributed by atoms with Crippen LogP contribution in [0.2, 0.25) is 0 Å². The van der Waals surface area contributed by atoms with Crippen molar-refractivity contribution in [3.05, 3.63) is 22.4 Å². The molecule has 0 aliphatic heterocycles. The van der Waals surface area contributed by atoms with E-state index in [2.05, 4.69) is 0 Å². The predicted octanol–water partition coefficient (Wildman–Crippen LogP) is 2.73. The summed E-state index contributed by atoms with van der Waals surface area (Å²) in [4.78, 5) is 0.150. The van der Waals surface area contributed by atoms with Gasteiger partial charge in [0.15, 0.2) is 0 Å². The number of hydrogen-bond acceptors (Lipinski definition) is 2. The molecule has 1 aromatic heterocycles. The molecule has 0 aliphatic rings. The molecule has 0 saturated heterocycles. The van der Waals surface area contributed by atoms with E-state index in [4.69, 9.17) is 5.73 Å². The molecule has 1 nitrogen and oxygen atoms in total. The van der Waals surface area contributed by atoms with Gasteiger partial charge in [-0.3, -0.25) is 0 Å². The van der Waals surface area contributed by atoms with E-state index in [0.29, 0.717) is 0 Å². The van der Waals surface area contributed by atoms with Crippen LogP contribution >= 0.6 is 23.7 Å². The van der Waals surface area contributed by atoms with Crippen molar-refractivity contribution in [2.24, 2.45) is 5.73 Å². The van der Waals surface area contributed by atoms with Crippen LogP contribution in [-0.4, -0.2) is 6.18 Å². The summed E-state index contributed by atoms with van der Waals surface area (Å²) in [7, 11) is 0. The van der Waals surface area contributed by atoms with E-state index >= 15 is 0 Å². The lowest BCUT2D eigenvalue weighted by atomic mass is 10.2. The van der Waals surface area contributed by atoms with Gasteiger partial charge in [0, 0.05) is 4.88 Å². The Morgan fingerprint density at radius 2 is 2.00 bits per heavy atom. The molecule has 1 rings (SSSR count). The van der Waals surface area contributed by atoms with Crippen molar-refractivity contribution in [1.29, 1.82) is 0 Å². The second-order valence-electron chi connectivity index (χ2n) is 2.03. The quantitative estimate of drug-likeness (QED) is 0.769. The number of rotatable bonds is 1. The summed E-state index contributed by atoms with van der Waals surface area (Å²) in [5, 5.41) is 1.57. The molecule has 0 saturated carbocycles. The molecule has 0 fully saturated rings. The Morgan fingerprint density at radius 1 is 1.42 bits per heavy atom. The predicted molar refractivity (Wildman–Crippen MR) is 44.6 cm³/mol. The van der Waals surface area contributed by atoms with Gasteiger partial charge in [-0.15, -0.1) is 23.7 Å². The van der Waals surface area contributed by atoms with Crippen LogP contribution in [0.3, 0.4) is 0 Å². The summed E-state index contributed by atoms with van der Waals surface area (Å²) >= 11 is 1.01. The van der Waals surface area contributed by atoms with E-state index in [1.165, 1.54) is 6.07 Å². The molecule has 1 atom stereocenters. The molecule has 0 amide bonds. The topological polar surface area (TPSA) is 26.0 Å². The standard InChI is InChI=1S/C6H6F3NS.ClH/c7-6(8,9)5(10)4-2-1-3-11-4;/h1-3,5H,10H2;1H/t5-;/m1./s1. The minimum atomic E-state index is -4.33. The molecule has 0 radical (unpaired) electrons. The van der Waals surface area contributed by atoms with Crippen LogP contribution < -0.4 is 5.73 Å². The lowest BCUT2D eigenvalue weighted by Crippen LogP contribution is -2.27. The monoisotopic (exact) mass is 217 g/mol. The number of alkyl halides is 3. The highest BCUT2D eigenvalue weighted by Crippen LogP contribution is 2.32. The SMILES string of the molecule is Cl.N[C@H](c1cccs1)C(F)(F)F. The molecule has 12 heavy (non-hydrogen) atoms. The fourth-order valence-electron chi connectivity index (χ4n) is 0.630. The van der Waals surface area contributed by atoms with Gasteiger partial charge < -0.3 is 5.73 Å². The van der Waals surface area contributed by atoms with Crippen molar-refractivity contribution in [1.82, 2.24) is 0 Å². The Kier molecular flexibility index (Phi) is 4.02. The zero-order chi connectivity index (χ0) is 8.48. The first-order chi connectivity index (χ1) is 5.02. The summed E-state index contributed by atoms with van der Waals surface area (Å²) in [5.74, 6) is 0. The third kappa shape index (κ3) is 2.66. The molecule has 0 spiro atoms. The molecular formula is C6H7ClF3NS. The van der Waals surface area contributed by atoms with Gasteiger partial charge in [-0.25, -0.2) is 0 Å². The Bertz CT molecular complexity index is 221. The fourth-order valence-corrected chi connectivity index (χ4v) is 1.38. The van der Waals surface area contributed by atoms with Crippen LogP contribution in [0.25, 0.3) is 0 Å². The summed E-state index contributed by atoms with van der Waals surface area (Å²) in [6.45, 7) is 0. The first kappa shape index (κ1) is 11.7. The van der Waals surface area contributed by atoms with Crippen LogP contribution in [-0.2, 0) is 0 Å². The maximum atomic E-state index is 11.9. The van der Waals surface area contributed by atoms with Gasteiger partial charge in [0.2, 0.25) is 0 Å². The van der Waals surface area contributed by atoms with E-state index in [1.54, 1.807) is 11.4 Å². The second kappa shape index (κ2) is 4.11. The molecule has 70 valence electrons. The molecule has 1 heterocycles. The Labute approximate surface area is 77.8 Å². The average molecular weight is 218 g/mol. The number of thiophene rings is 1. The maximum Gasteiger partial charge on any atom is 0.408 e. The van der Waals surface area contributed by atoms with E-state index < -0.39 is 12.2 Å². The highest BCUT2D eigenvalue weighted by molar-refractivity contribution is 7.10. The molecule has 6 heteroatoms. The Hall–Kier alpha value is -0.260. The first-order valence-corrected chi connectivity index (χ1v) is 3.75. The van der Waals surface area contributed by atoms with E-state index in [-0.39, 0.29) is 17.3 Å². The minimum absolute atomic E-state index is 0. The fraction of sp³-hybridized carbons (Fsp3) is 0.333. The van der Waals surface area contributed by atoms with Gasteiger partial charge in [-0.05, 0) is 11.4 Å². The molecule has 0 bridgehead atoms. The summed E-state index contributed by atoms with van der Waals surface area (Å²) in [5.41, 5.74) is 4.90. The third-order valence-corrected chi connectivity index (χ3v) is 2.16. The molecular weight excluding hydrogens is 211 g/mol. The van der Waals surface area contributed by atoms with E-state index in [0.717, 1.165) is 11.3 Å². The van der Waals surface area contributed by atoms with Crippen LogP contribution in [0, 0.1) is 0 Å². The molecule has 1 aromatic rings. The number of halogens is 4. The van der Waals surface area contributed by atoms with Crippen LogP contribution in [0.4, 0.5) is 13.2 Å². The van der Waals surface area contributed by atoms with Crippen LogP contribution in [0.15, 0.2) is 17.5 Å². The molecule has 0 aromatic carbocycles. The highest BCUT2D eigenvalue weighted by atomic mass is 35.5. The molecule has 0 aliphatic carbocycles. The maximum absolute atomic E-state index is 11.9. The summed E-state index contributed by atoms with van der Waals surface area (Å²) in [6, 6.07) is 1.09. The number of hydrogen-bond donors (Lipinski definition) is 1. The van der Waals surface area contributed by atoms with Crippen LogP contribution in [0.1, 0.15) is 10.9 Å². The second-order valence-corrected chi connectivity index (χ2v) is 3.01. The van der Waals surface area contributed by atoms with E-state index in [1.807, 2.05) is 0 Å². The lowest BCUT2D eigenvalue weighted by Gasteiger charge is -2.12. The van der Waals surface area contributed by atoms with Gasteiger partial charge in [0.05, 0.1) is 0 Å². The van der Waals surface area contributed by atoms with Gasteiger partial charge in [-0.1, -0.05) is 6.07 Å². The van der Waals surface area contributed by atoms with Crippen molar-refractivity contribution in [2.75, 3.05) is 0 Å². The third-order valence-electron chi connectivity index (χ3n) is 1.20. The lowest BCUT2D eigenvalue weighted by molar-refractivity contribution is -0.148. The largest absolute Gasteiger partial charge is 0.408 e.